The van der Waals surface area contributed by atoms with Crippen LogP contribution in [0.15, 0.2) is 103 Å². The number of halogens is 1. The number of pyridine rings is 1. The second-order valence-corrected chi connectivity index (χ2v) is 7.34. The molecule has 5 heteroatoms. The van der Waals surface area contributed by atoms with Crippen LogP contribution >= 0.6 is 0 Å². The van der Waals surface area contributed by atoms with Crippen LogP contribution in [0.1, 0.15) is 11.1 Å². The van der Waals surface area contributed by atoms with E-state index in [1.807, 2.05) is 78.9 Å². The molecule has 0 amide bonds. The SMILES string of the molecule is Fc1cccc(-c2nc(-c3ccccc3)nc(-c3ccccc3)n2)c1Cc1cccnc1. The fourth-order valence-electron chi connectivity index (χ4n) is 3.58. The lowest BCUT2D eigenvalue weighted by atomic mass is 9.99. The third-order valence-corrected chi connectivity index (χ3v) is 5.16. The molecule has 0 fully saturated rings. The van der Waals surface area contributed by atoms with Gasteiger partial charge in [0.25, 0.3) is 0 Å². The summed E-state index contributed by atoms with van der Waals surface area (Å²) in [7, 11) is 0. The van der Waals surface area contributed by atoms with Crippen molar-refractivity contribution in [3.05, 3.63) is 120 Å². The molecule has 0 unspecified atom stereocenters. The first-order chi connectivity index (χ1) is 15.8. The highest BCUT2D eigenvalue weighted by Crippen LogP contribution is 2.29. The summed E-state index contributed by atoms with van der Waals surface area (Å²) >= 11 is 0. The van der Waals surface area contributed by atoms with Gasteiger partial charge in [-0.05, 0) is 17.7 Å². The Bertz CT molecular complexity index is 1280. The van der Waals surface area contributed by atoms with E-state index < -0.39 is 0 Å². The monoisotopic (exact) mass is 418 g/mol. The third-order valence-electron chi connectivity index (χ3n) is 5.16. The lowest BCUT2D eigenvalue weighted by Crippen LogP contribution is -2.03. The van der Waals surface area contributed by atoms with E-state index in [2.05, 4.69) is 4.98 Å². The molecular weight excluding hydrogens is 399 g/mol. The maximum absolute atomic E-state index is 15.0. The van der Waals surface area contributed by atoms with Crippen molar-refractivity contribution in [1.82, 2.24) is 19.9 Å². The highest BCUT2D eigenvalue weighted by molar-refractivity contribution is 5.68. The first-order valence-corrected chi connectivity index (χ1v) is 10.3. The van der Waals surface area contributed by atoms with Crippen LogP contribution in [0.4, 0.5) is 4.39 Å². The Morgan fingerprint density at radius 1 is 0.594 bits per heavy atom. The van der Waals surface area contributed by atoms with Crippen LogP contribution in [-0.4, -0.2) is 19.9 Å². The average Bonchev–Trinajstić information content (AvgIpc) is 2.87. The standard InChI is InChI=1S/C27H19FN4/c28-24-15-7-14-22(23(24)17-19-9-8-16-29-18-19)27-31-25(20-10-3-1-4-11-20)30-26(32-27)21-12-5-2-6-13-21/h1-16,18H,17H2. The minimum atomic E-state index is -0.297. The van der Waals surface area contributed by atoms with Gasteiger partial charge >= 0.3 is 0 Å². The van der Waals surface area contributed by atoms with Gasteiger partial charge in [0.2, 0.25) is 0 Å². The molecule has 0 radical (unpaired) electrons. The Morgan fingerprint density at radius 3 is 1.81 bits per heavy atom. The summed E-state index contributed by atoms with van der Waals surface area (Å²) in [5.41, 5.74) is 3.84. The van der Waals surface area contributed by atoms with Crippen molar-refractivity contribution in [2.75, 3.05) is 0 Å². The topological polar surface area (TPSA) is 51.6 Å². The molecule has 2 aromatic heterocycles. The second kappa shape index (κ2) is 8.86. The maximum Gasteiger partial charge on any atom is 0.164 e. The Balaban J connectivity index is 1.69. The largest absolute Gasteiger partial charge is 0.264 e. The summed E-state index contributed by atoms with van der Waals surface area (Å²) in [5.74, 6) is 1.24. The van der Waals surface area contributed by atoms with Crippen LogP contribution in [0.5, 0.6) is 0 Å². The van der Waals surface area contributed by atoms with Crippen LogP contribution in [-0.2, 0) is 6.42 Å². The van der Waals surface area contributed by atoms with Gasteiger partial charge in [-0.1, -0.05) is 78.9 Å². The second-order valence-electron chi connectivity index (χ2n) is 7.34. The van der Waals surface area contributed by atoms with E-state index >= 15 is 0 Å². The first kappa shape index (κ1) is 19.7. The van der Waals surface area contributed by atoms with Crippen LogP contribution in [0.3, 0.4) is 0 Å². The molecule has 0 N–H and O–H groups in total. The molecular formula is C27H19FN4. The molecule has 4 nitrogen and oxygen atoms in total. The molecule has 0 bridgehead atoms. The van der Waals surface area contributed by atoms with Crippen LogP contribution in [0.25, 0.3) is 34.2 Å². The Labute approximate surface area is 185 Å². The zero-order valence-corrected chi connectivity index (χ0v) is 17.2. The molecule has 0 spiro atoms. The number of benzene rings is 3. The number of hydrogen-bond acceptors (Lipinski definition) is 4. The van der Waals surface area contributed by atoms with Crippen LogP contribution in [0, 0.1) is 5.82 Å². The van der Waals surface area contributed by atoms with Crippen molar-refractivity contribution < 1.29 is 4.39 Å². The third kappa shape index (κ3) is 4.14. The normalized spacial score (nSPS) is 10.8. The molecule has 0 saturated heterocycles. The van der Waals surface area contributed by atoms with Gasteiger partial charge in [-0.25, -0.2) is 19.3 Å². The van der Waals surface area contributed by atoms with E-state index in [0.717, 1.165) is 16.7 Å². The van der Waals surface area contributed by atoms with Gasteiger partial charge in [-0.2, -0.15) is 0 Å². The molecule has 154 valence electrons. The van der Waals surface area contributed by atoms with Gasteiger partial charge in [0.15, 0.2) is 17.5 Å². The molecule has 2 heterocycles. The maximum atomic E-state index is 15.0. The highest BCUT2D eigenvalue weighted by Gasteiger charge is 2.17. The van der Waals surface area contributed by atoms with Gasteiger partial charge < -0.3 is 0 Å². The fourth-order valence-corrected chi connectivity index (χ4v) is 3.58. The van der Waals surface area contributed by atoms with Crippen molar-refractivity contribution in [2.24, 2.45) is 0 Å². The number of aromatic nitrogens is 4. The predicted octanol–water partition coefficient (Wildman–Crippen LogP) is 6.00. The predicted molar refractivity (Wildman–Crippen MR) is 123 cm³/mol. The van der Waals surface area contributed by atoms with Gasteiger partial charge in [0, 0.05) is 41.1 Å². The van der Waals surface area contributed by atoms with E-state index in [1.165, 1.54) is 6.07 Å². The van der Waals surface area contributed by atoms with Gasteiger partial charge in [0.1, 0.15) is 5.82 Å². The zero-order valence-electron chi connectivity index (χ0n) is 17.2. The highest BCUT2D eigenvalue weighted by atomic mass is 19.1. The minimum absolute atomic E-state index is 0.297. The molecule has 0 aliphatic rings. The Kier molecular flexibility index (Phi) is 5.45. The summed E-state index contributed by atoms with van der Waals surface area (Å²) < 4.78 is 15.0. The van der Waals surface area contributed by atoms with E-state index in [9.17, 15) is 4.39 Å². The quantitative estimate of drug-likeness (QED) is 0.351. The molecule has 0 atom stereocenters. The Morgan fingerprint density at radius 2 is 1.22 bits per heavy atom. The fraction of sp³-hybridized carbons (Fsp3) is 0.0370. The van der Waals surface area contributed by atoms with Crippen molar-refractivity contribution in [2.45, 2.75) is 6.42 Å². The number of rotatable bonds is 5. The van der Waals surface area contributed by atoms with Gasteiger partial charge in [-0.15, -0.1) is 0 Å². The van der Waals surface area contributed by atoms with Crippen molar-refractivity contribution in [3.63, 3.8) is 0 Å². The van der Waals surface area contributed by atoms with E-state index in [4.69, 9.17) is 15.0 Å². The average molecular weight is 418 g/mol. The smallest absolute Gasteiger partial charge is 0.164 e. The molecule has 32 heavy (non-hydrogen) atoms. The molecule has 0 aliphatic heterocycles. The van der Waals surface area contributed by atoms with Crippen molar-refractivity contribution >= 4 is 0 Å². The molecule has 5 rings (SSSR count). The van der Waals surface area contributed by atoms with Crippen molar-refractivity contribution in [1.29, 1.82) is 0 Å². The first-order valence-electron chi connectivity index (χ1n) is 10.3. The van der Waals surface area contributed by atoms with Crippen molar-refractivity contribution in [3.8, 4) is 34.2 Å². The lowest BCUT2D eigenvalue weighted by Gasteiger charge is -2.12. The van der Waals surface area contributed by atoms with Gasteiger partial charge in [0.05, 0.1) is 0 Å². The summed E-state index contributed by atoms with van der Waals surface area (Å²) in [6.45, 7) is 0. The summed E-state index contributed by atoms with van der Waals surface area (Å²) in [5, 5.41) is 0. The molecule has 0 aliphatic carbocycles. The van der Waals surface area contributed by atoms with E-state index in [-0.39, 0.29) is 5.82 Å². The Hall–Kier alpha value is -4.25. The van der Waals surface area contributed by atoms with E-state index in [0.29, 0.717) is 35.0 Å². The summed E-state index contributed by atoms with van der Waals surface area (Å²) in [4.78, 5) is 18.3. The molecule has 0 saturated carbocycles. The molecule has 5 aromatic rings. The van der Waals surface area contributed by atoms with E-state index in [1.54, 1.807) is 18.5 Å². The minimum Gasteiger partial charge on any atom is -0.264 e. The lowest BCUT2D eigenvalue weighted by molar-refractivity contribution is 0.614. The zero-order chi connectivity index (χ0) is 21.8. The number of hydrogen-bond donors (Lipinski definition) is 0. The summed E-state index contributed by atoms with van der Waals surface area (Å²) in [6, 6.07) is 28.3. The number of nitrogens with zero attached hydrogens (tertiary/aromatic N) is 4. The van der Waals surface area contributed by atoms with Crippen LogP contribution in [0.2, 0.25) is 0 Å². The van der Waals surface area contributed by atoms with Gasteiger partial charge in [-0.3, -0.25) is 4.98 Å². The molecule has 3 aromatic carbocycles. The summed E-state index contributed by atoms with van der Waals surface area (Å²) in [6.07, 6.45) is 3.84. The van der Waals surface area contributed by atoms with Crippen LogP contribution < -0.4 is 0 Å².